The van der Waals surface area contributed by atoms with E-state index in [0.717, 1.165) is 49.2 Å². The van der Waals surface area contributed by atoms with Crippen molar-refractivity contribution in [3.8, 4) is 11.3 Å². The molecule has 1 heterocycles. The van der Waals surface area contributed by atoms with E-state index in [0.29, 0.717) is 23.4 Å². The molecular formula is C24H27ClN2O3. The van der Waals surface area contributed by atoms with Crippen LogP contribution in [-0.4, -0.2) is 17.4 Å². The quantitative estimate of drug-likeness (QED) is 0.728. The lowest BCUT2D eigenvalue weighted by Crippen LogP contribution is -2.65. The lowest BCUT2D eigenvalue weighted by atomic mass is 9.46. The normalized spacial score (nSPS) is 31.5. The Morgan fingerprint density at radius 3 is 2.43 bits per heavy atom. The van der Waals surface area contributed by atoms with Gasteiger partial charge in [0.25, 0.3) is 0 Å². The summed E-state index contributed by atoms with van der Waals surface area (Å²) in [6.45, 7) is 1.96. The Bertz CT molecular complexity index is 967. The first-order valence-electron chi connectivity index (χ1n) is 10.8. The van der Waals surface area contributed by atoms with Gasteiger partial charge in [0.2, 0.25) is 11.8 Å². The van der Waals surface area contributed by atoms with E-state index in [-0.39, 0.29) is 22.8 Å². The van der Waals surface area contributed by atoms with Gasteiger partial charge in [0.15, 0.2) is 0 Å². The number of furan rings is 1. The number of nitrogens with one attached hydrogen (secondary N) is 2. The molecule has 4 atom stereocenters. The van der Waals surface area contributed by atoms with Crippen LogP contribution in [0.1, 0.15) is 51.2 Å². The highest BCUT2D eigenvalue weighted by molar-refractivity contribution is 6.30. The van der Waals surface area contributed by atoms with Crippen molar-refractivity contribution in [3.05, 3.63) is 47.2 Å². The van der Waals surface area contributed by atoms with Crippen molar-refractivity contribution in [1.82, 2.24) is 10.6 Å². The van der Waals surface area contributed by atoms with Gasteiger partial charge in [-0.3, -0.25) is 9.59 Å². The number of carbonyl (C=O) groups excluding carboxylic acids is 2. The average molecular weight is 427 g/mol. The minimum absolute atomic E-state index is 0.0119. The molecule has 6 rings (SSSR count). The molecule has 4 aliphatic rings. The Morgan fingerprint density at radius 2 is 1.77 bits per heavy atom. The smallest absolute Gasteiger partial charge is 0.226 e. The highest BCUT2D eigenvalue weighted by Gasteiger charge is 2.60. The second kappa shape index (κ2) is 7.16. The molecule has 2 unspecified atom stereocenters. The van der Waals surface area contributed by atoms with E-state index in [1.165, 1.54) is 6.42 Å². The number of amides is 2. The predicted octanol–water partition coefficient (Wildman–Crippen LogP) is 4.69. The molecule has 2 amide bonds. The van der Waals surface area contributed by atoms with Crippen LogP contribution in [0, 0.1) is 17.3 Å². The Morgan fingerprint density at radius 1 is 1.07 bits per heavy atom. The van der Waals surface area contributed by atoms with Crippen LogP contribution >= 0.6 is 11.6 Å². The number of rotatable bonds is 5. The Balaban J connectivity index is 1.28. The molecule has 5 nitrogen and oxygen atoms in total. The van der Waals surface area contributed by atoms with E-state index in [1.54, 1.807) is 6.92 Å². The molecule has 1 aromatic carbocycles. The summed E-state index contributed by atoms with van der Waals surface area (Å²) < 4.78 is 5.94. The standard InChI is InChI=1S/C24H27ClN2O3/c1-15(28)27-24-11-16-8-17(12-24)10-23(9-16,14-24)22(29)26-13-20-6-7-21(30-20)18-2-4-19(25)5-3-18/h2-7,16-17H,8-14H2,1H3,(H,26,29)(H,27,28)/t16-,17+,23?,24?. The second-order valence-electron chi connectivity index (χ2n) is 9.66. The highest BCUT2D eigenvalue weighted by atomic mass is 35.5. The number of carbonyl (C=O) groups is 2. The van der Waals surface area contributed by atoms with Crippen LogP contribution in [0.4, 0.5) is 0 Å². The molecule has 0 spiro atoms. The number of halogens is 1. The molecule has 4 fully saturated rings. The molecule has 0 radical (unpaired) electrons. The fourth-order valence-corrected chi connectivity index (χ4v) is 6.77. The molecule has 2 aromatic rings. The van der Waals surface area contributed by atoms with Gasteiger partial charge in [-0.15, -0.1) is 0 Å². The average Bonchev–Trinajstić information content (AvgIpc) is 3.13. The molecule has 30 heavy (non-hydrogen) atoms. The van der Waals surface area contributed by atoms with Gasteiger partial charge in [-0.25, -0.2) is 0 Å². The molecule has 4 saturated carbocycles. The Labute approximate surface area is 181 Å². The van der Waals surface area contributed by atoms with E-state index in [2.05, 4.69) is 10.6 Å². The van der Waals surface area contributed by atoms with Crippen LogP contribution in [0.2, 0.25) is 5.02 Å². The summed E-state index contributed by atoms with van der Waals surface area (Å²) in [5.41, 5.74) is 0.396. The first-order valence-corrected chi connectivity index (χ1v) is 11.1. The Kier molecular flexibility index (Phi) is 4.69. The minimum Gasteiger partial charge on any atom is -0.459 e. The largest absolute Gasteiger partial charge is 0.459 e. The van der Waals surface area contributed by atoms with Crippen LogP contribution < -0.4 is 10.6 Å². The van der Waals surface area contributed by atoms with Gasteiger partial charge in [0.05, 0.1) is 12.0 Å². The lowest BCUT2D eigenvalue weighted by Gasteiger charge is -2.61. The fourth-order valence-electron chi connectivity index (χ4n) is 6.64. The van der Waals surface area contributed by atoms with Gasteiger partial charge in [0, 0.05) is 23.0 Å². The van der Waals surface area contributed by atoms with Crippen molar-refractivity contribution in [2.75, 3.05) is 0 Å². The SMILES string of the molecule is CC(=O)NC12C[C@H]3C[C@@H](C1)CC(C(=O)NCc1ccc(-c4ccc(Cl)cc4)o1)(C3)C2. The fraction of sp³-hybridized carbons (Fsp3) is 0.500. The summed E-state index contributed by atoms with van der Waals surface area (Å²) in [6, 6.07) is 11.3. The monoisotopic (exact) mass is 426 g/mol. The zero-order chi connectivity index (χ0) is 20.9. The molecule has 1 aromatic heterocycles. The van der Waals surface area contributed by atoms with Crippen LogP contribution in [0.15, 0.2) is 40.8 Å². The van der Waals surface area contributed by atoms with Crippen molar-refractivity contribution in [1.29, 1.82) is 0 Å². The van der Waals surface area contributed by atoms with Gasteiger partial charge >= 0.3 is 0 Å². The predicted molar refractivity (Wildman–Crippen MR) is 115 cm³/mol. The maximum atomic E-state index is 13.3. The summed E-state index contributed by atoms with van der Waals surface area (Å²) >= 11 is 5.95. The van der Waals surface area contributed by atoms with Crippen molar-refractivity contribution in [2.45, 2.75) is 57.5 Å². The minimum atomic E-state index is -0.363. The number of hydrogen-bond acceptors (Lipinski definition) is 3. The summed E-state index contributed by atoms with van der Waals surface area (Å²) in [4.78, 5) is 25.2. The maximum absolute atomic E-state index is 13.3. The van der Waals surface area contributed by atoms with E-state index in [9.17, 15) is 9.59 Å². The summed E-state index contributed by atoms with van der Waals surface area (Å²) in [7, 11) is 0. The molecule has 0 aliphatic heterocycles. The molecule has 2 N–H and O–H groups in total. The lowest BCUT2D eigenvalue weighted by molar-refractivity contribution is -0.153. The van der Waals surface area contributed by atoms with Crippen LogP contribution in [-0.2, 0) is 16.1 Å². The zero-order valence-electron chi connectivity index (χ0n) is 17.2. The van der Waals surface area contributed by atoms with Gasteiger partial charge in [0.1, 0.15) is 11.5 Å². The maximum Gasteiger partial charge on any atom is 0.226 e. The summed E-state index contributed by atoms with van der Waals surface area (Å²) in [5.74, 6) is 2.67. The second-order valence-corrected chi connectivity index (χ2v) is 10.1. The van der Waals surface area contributed by atoms with Crippen molar-refractivity contribution >= 4 is 23.4 Å². The zero-order valence-corrected chi connectivity index (χ0v) is 17.9. The topological polar surface area (TPSA) is 71.3 Å². The van der Waals surface area contributed by atoms with E-state index in [1.807, 2.05) is 36.4 Å². The van der Waals surface area contributed by atoms with Gasteiger partial charge in [-0.05, 0) is 86.8 Å². The van der Waals surface area contributed by atoms with Gasteiger partial charge in [-0.2, -0.15) is 0 Å². The van der Waals surface area contributed by atoms with Gasteiger partial charge in [-0.1, -0.05) is 11.6 Å². The van der Waals surface area contributed by atoms with Gasteiger partial charge < -0.3 is 15.1 Å². The molecular weight excluding hydrogens is 400 g/mol. The third-order valence-corrected chi connectivity index (χ3v) is 7.45. The molecule has 6 heteroatoms. The Hall–Kier alpha value is -2.27. The van der Waals surface area contributed by atoms with E-state index < -0.39 is 0 Å². The highest BCUT2D eigenvalue weighted by Crippen LogP contribution is 2.61. The van der Waals surface area contributed by atoms with Crippen molar-refractivity contribution in [2.24, 2.45) is 17.3 Å². The van der Waals surface area contributed by atoms with E-state index in [4.69, 9.17) is 16.0 Å². The third-order valence-electron chi connectivity index (χ3n) is 7.20. The number of hydrogen-bond donors (Lipinski definition) is 2. The van der Waals surface area contributed by atoms with Crippen LogP contribution in [0.3, 0.4) is 0 Å². The molecule has 0 saturated heterocycles. The summed E-state index contributed by atoms with van der Waals surface area (Å²) in [5, 5.41) is 7.04. The van der Waals surface area contributed by atoms with Crippen molar-refractivity contribution in [3.63, 3.8) is 0 Å². The molecule has 4 bridgehead atoms. The van der Waals surface area contributed by atoms with E-state index >= 15 is 0 Å². The first-order chi connectivity index (χ1) is 14.3. The number of benzene rings is 1. The van der Waals surface area contributed by atoms with Crippen molar-refractivity contribution < 1.29 is 14.0 Å². The molecule has 4 aliphatic carbocycles. The first kappa shape index (κ1) is 19.7. The summed E-state index contributed by atoms with van der Waals surface area (Å²) in [6.07, 6.45) is 5.85. The van der Waals surface area contributed by atoms with Crippen LogP contribution in [0.5, 0.6) is 0 Å². The van der Waals surface area contributed by atoms with Crippen LogP contribution in [0.25, 0.3) is 11.3 Å². The third kappa shape index (κ3) is 3.53. The molecule has 158 valence electrons.